The van der Waals surface area contributed by atoms with Gasteiger partial charge in [-0.2, -0.15) is 0 Å². The van der Waals surface area contributed by atoms with Crippen molar-refractivity contribution in [2.45, 2.75) is 78.9 Å². The van der Waals surface area contributed by atoms with Gasteiger partial charge in [-0.05, 0) is 26.2 Å². The van der Waals surface area contributed by atoms with Crippen LogP contribution in [-0.2, 0) is 13.6 Å². The first-order valence-corrected chi connectivity index (χ1v) is 9.68. The Hall–Kier alpha value is -1.45. The molecule has 0 saturated carbocycles. The number of aryl methyl sites for hydroxylation is 2. The minimum absolute atomic E-state index is 0.557. The molecule has 1 atom stereocenters. The molecule has 0 radical (unpaired) electrons. The van der Waals surface area contributed by atoms with Crippen molar-refractivity contribution in [3.05, 3.63) is 30.6 Å². The third-order valence-corrected chi connectivity index (χ3v) is 4.98. The Balaban J connectivity index is 0.000000243. The molecular formula is C20H39N4+. The van der Waals surface area contributed by atoms with Crippen LogP contribution in [-0.4, -0.2) is 34.1 Å². The smallest absolute Gasteiger partial charge is 0.253 e. The van der Waals surface area contributed by atoms with Gasteiger partial charge in [-0.15, -0.1) is 0 Å². The molecule has 4 heteroatoms. The Morgan fingerprint density at radius 1 is 1.00 bits per heavy atom. The van der Waals surface area contributed by atoms with E-state index in [1.54, 1.807) is 0 Å². The van der Waals surface area contributed by atoms with E-state index in [4.69, 9.17) is 0 Å². The van der Waals surface area contributed by atoms with Gasteiger partial charge in [-0.3, -0.25) is 0 Å². The van der Waals surface area contributed by atoms with Crippen LogP contribution < -0.4 is 4.57 Å². The Bertz CT molecular complexity index is 478. The van der Waals surface area contributed by atoms with E-state index in [-0.39, 0.29) is 0 Å². The molecule has 1 aliphatic rings. The van der Waals surface area contributed by atoms with Gasteiger partial charge in [-0.25, -0.2) is 9.13 Å². The van der Waals surface area contributed by atoms with Crippen molar-refractivity contribution in [2.75, 3.05) is 13.6 Å². The highest BCUT2D eigenvalue weighted by Crippen LogP contribution is 2.13. The third kappa shape index (κ3) is 6.58. The lowest BCUT2D eigenvalue weighted by molar-refractivity contribution is -0.677. The largest absolute Gasteiger partial charge is 0.359 e. The van der Waals surface area contributed by atoms with Gasteiger partial charge in [0.1, 0.15) is 12.4 Å². The molecule has 0 aliphatic carbocycles. The summed E-state index contributed by atoms with van der Waals surface area (Å²) in [5.41, 5.74) is 0. The van der Waals surface area contributed by atoms with Gasteiger partial charge in [0, 0.05) is 32.9 Å². The van der Waals surface area contributed by atoms with Crippen molar-refractivity contribution in [1.29, 1.82) is 0 Å². The molecule has 1 aliphatic heterocycles. The first-order chi connectivity index (χ1) is 11.5. The minimum Gasteiger partial charge on any atom is -0.359 e. The van der Waals surface area contributed by atoms with E-state index in [2.05, 4.69) is 85.5 Å². The number of unbranched alkanes of at least 4 members (excludes halogenated alkanes) is 4. The Morgan fingerprint density at radius 3 is 2.21 bits per heavy atom. The molecule has 2 heterocycles. The van der Waals surface area contributed by atoms with E-state index < -0.39 is 0 Å². The Morgan fingerprint density at radius 2 is 1.71 bits per heavy atom. The van der Waals surface area contributed by atoms with Crippen LogP contribution in [0.15, 0.2) is 24.8 Å². The Kier molecular flexibility index (Phi) is 9.58. The van der Waals surface area contributed by atoms with Crippen LogP contribution in [0.5, 0.6) is 0 Å². The summed E-state index contributed by atoms with van der Waals surface area (Å²) in [4.78, 5) is 4.61. The quantitative estimate of drug-likeness (QED) is 0.526. The molecule has 1 unspecified atom stereocenters. The first kappa shape index (κ1) is 20.6. The van der Waals surface area contributed by atoms with Crippen LogP contribution in [0.3, 0.4) is 0 Å². The molecule has 0 fully saturated rings. The second-order valence-electron chi connectivity index (χ2n) is 6.90. The van der Waals surface area contributed by atoms with Gasteiger partial charge in [0.25, 0.3) is 5.82 Å². The van der Waals surface area contributed by atoms with Gasteiger partial charge >= 0.3 is 0 Å². The number of hydrogen-bond donors (Lipinski definition) is 0. The monoisotopic (exact) mass is 335 g/mol. The molecule has 0 N–H and O–H groups in total. The van der Waals surface area contributed by atoms with E-state index >= 15 is 0 Å². The van der Waals surface area contributed by atoms with Crippen LogP contribution in [0.4, 0.5) is 0 Å². The summed E-state index contributed by atoms with van der Waals surface area (Å²) in [5.74, 6) is 1.34. The summed E-state index contributed by atoms with van der Waals surface area (Å²) in [6.45, 7) is 11.2. The molecule has 2 rings (SSSR count). The second-order valence-corrected chi connectivity index (χ2v) is 6.90. The average molecular weight is 336 g/mol. The molecule has 0 spiro atoms. The highest BCUT2D eigenvalue weighted by Gasteiger charge is 2.16. The molecule has 0 saturated heterocycles. The summed E-state index contributed by atoms with van der Waals surface area (Å²) in [5, 5.41) is 0. The molecule has 4 nitrogen and oxygen atoms in total. The van der Waals surface area contributed by atoms with Crippen LogP contribution >= 0.6 is 0 Å². The number of aromatic nitrogens is 2. The molecule has 0 aromatic carbocycles. The van der Waals surface area contributed by atoms with E-state index in [0.717, 1.165) is 0 Å². The molecule has 0 bridgehead atoms. The SMILES string of the molecule is CCCCCCn1cc[n+](C)c1C.CCCCN1C=CN(C)C1C. The number of imidazole rings is 1. The third-order valence-electron chi connectivity index (χ3n) is 4.98. The van der Waals surface area contributed by atoms with Crippen molar-refractivity contribution >= 4 is 0 Å². The predicted octanol–water partition coefficient (Wildman–Crippen LogP) is 4.05. The number of nitrogens with zero attached hydrogens (tertiary/aromatic N) is 4. The van der Waals surface area contributed by atoms with E-state index in [1.807, 2.05) is 0 Å². The number of hydrogen-bond acceptors (Lipinski definition) is 2. The van der Waals surface area contributed by atoms with Crippen molar-refractivity contribution in [1.82, 2.24) is 14.4 Å². The van der Waals surface area contributed by atoms with Crippen molar-refractivity contribution in [3.63, 3.8) is 0 Å². The number of rotatable bonds is 8. The maximum Gasteiger partial charge on any atom is 0.253 e. The van der Waals surface area contributed by atoms with Gasteiger partial charge in [0.2, 0.25) is 0 Å². The first-order valence-electron chi connectivity index (χ1n) is 9.68. The lowest BCUT2D eigenvalue weighted by atomic mass is 10.2. The van der Waals surface area contributed by atoms with Crippen molar-refractivity contribution < 1.29 is 4.57 Å². The lowest BCUT2D eigenvalue weighted by Crippen LogP contribution is -2.33. The predicted molar refractivity (Wildman–Crippen MR) is 102 cm³/mol. The van der Waals surface area contributed by atoms with Gasteiger partial charge in [-0.1, -0.05) is 33.1 Å². The standard InChI is InChI=1S/C11H21N2.C9H18N2/c1-4-5-6-7-8-13-10-9-12(3)11(13)2;1-4-5-6-11-8-7-10(3)9(11)2/h9-10H,4-8H2,1-3H3;7-9H,4-6H2,1-3H3/q+1;. The fourth-order valence-electron chi connectivity index (χ4n) is 2.82. The molecular weight excluding hydrogens is 296 g/mol. The average Bonchev–Trinajstić information content (AvgIpc) is 3.07. The zero-order valence-corrected chi connectivity index (χ0v) is 16.8. The molecule has 138 valence electrons. The minimum atomic E-state index is 0.557. The lowest BCUT2D eigenvalue weighted by Gasteiger charge is -2.26. The van der Waals surface area contributed by atoms with E-state index in [0.29, 0.717) is 6.17 Å². The maximum atomic E-state index is 2.38. The van der Waals surface area contributed by atoms with Crippen LogP contribution in [0.25, 0.3) is 0 Å². The zero-order valence-electron chi connectivity index (χ0n) is 16.8. The normalized spacial score (nSPS) is 16.5. The highest BCUT2D eigenvalue weighted by molar-refractivity contribution is 4.93. The zero-order chi connectivity index (χ0) is 17.9. The molecule has 0 amide bonds. The van der Waals surface area contributed by atoms with Gasteiger partial charge in [0.15, 0.2) is 0 Å². The summed E-state index contributed by atoms with van der Waals surface area (Å²) in [6, 6.07) is 0. The summed E-state index contributed by atoms with van der Waals surface area (Å²) in [6.07, 6.45) is 17.1. The summed E-state index contributed by atoms with van der Waals surface area (Å²) >= 11 is 0. The highest BCUT2D eigenvalue weighted by atomic mass is 15.4. The van der Waals surface area contributed by atoms with Crippen molar-refractivity contribution in [2.24, 2.45) is 7.05 Å². The fraction of sp³-hybridized carbons (Fsp3) is 0.750. The summed E-state index contributed by atoms with van der Waals surface area (Å²) < 4.78 is 4.50. The van der Waals surface area contributed by atoms with Crippen LogP contribution in [0.1, 0.15) is 65.1 Å². The topological polar surface area (TPSA) is 15.3 Å². The fourth-order valence-corrected chi connectivity index (χ4v) is 2.82. The summed E-state index contributed by atoms with van der Waals surface area (Å²) in [7, 11) is 4.21. The van der Waals surface area contributed by atoms with Crippen LogP contribution in [0.2, 0.25) is 0 Å². The maximum absolute atomic E-state index is 2.38. The van der Waals surface area contributed by atoms with Gasteiger partial charge in [0.05, 0.1) is 19.8 Å². The van der Waals surface area contributed by atoms with Gasteiger partial charge < -0.3 is 9.80 Å². The molecule has 24 heavy (non-hydrogen) atoms. The van der Waals surface area contributed by atoms with E-state index in [9.17, 15) is 0 Å². The molecule has 1 aromatic heterocycles. The van der Waals surface area contributed by atoms with E-state index in [1.165, 1.54) is 57.4 Å². The Labute approximate surface area is 149 Å². The van der Waals surface area contributed by atoms with Crippen LogP contribution in [0, 0.1) is 6.92 Å². The van der Waals surface area contributed by atoms with Crippen molar-refractivity contribution in [3.8, 4) is 0 Å². The molecule has 1 aromatic rings. The second kappa shape index (κ2) is 11.2.